The van der Waals surface area contributed by atoms with Crippen LogP contribution in [-0.2, 0) is 17.6 Å². The molecule has 5 nitrogen and oxygen atoms in total. The van der Waals surface area contributed by atoms with Crippen LogP contribution in [0.2, 0.25) is 0 Å². The van der Waals surface area contributed by atoms with Crippen molar-refractivity contribution in [2.24, 2.45) is 5.92 Å². The molecule has 0 spiro atoms. The number of carbonyl (C=O) groups excluding carboxylic acids is 1. The lowest BCUT2D eigenvalue weighted by atomic mass is 9.99. The van der Waals surface area contributed by atoms with E-state index in [4.69, 9.17) is 0 Å². The van der Waals surface area contributed by atoms with Crippen LogP contribution in [0.3, 0.4) is 0 Å². The largest absolute Gasteiger partial charge is 0.481 e. The fourth-order valence-electron chi connectivity index (χ4n) is 2.19. The van der Waals surface area contributed by atoms with Crippen LogP contribution >= 0.6 is 11.3 Å². The van der Waals surface area contributed by atoms with E-state index in [1.165, 1.54) is 11.3 Å². The number of aryl methyl sites for hydroxylation is 1. The zero-order chi connectivity index (χ0) is 16.7. The van der Waals surface area contributed by atoms with Gasteiger partial charge in [-0.25, -0.2) is 4.98 Å². The number of nitrogens with zero attached hydrogens (tertiary/aromatic N) is 1. The number of carboxylic acids is 1. The lowest BCUT2D eigenvalue weighted by Gasteiger charge is -2.13. The minimum atomic E-state index is -0.912. The maximum atomic E-state index is 12.1. The first kappa shape index (κ1) is 17.1. The third-order valence-electron chi connectivity index (χ3n) is 3.42. The van der Waals surface area contributed by atoms with Gasteiger partial charge < -0.3 is 10.4 Å². The Kier molecular flexibility index (Phi) is 6.29. The molecule has 1 aromatic heterocycles. The van der Waals surface area contributed by atoms with E-state index >= 15 is 0 Å². The Morgan fingerprint density at radius 3 is 2.70 bits per heavy atom. The summed E-state index contributed by atoms with van der Waals surface area (Å²) in [5.74, 6) is -1.82. The Hall–Kier alpha value is -2.21. The topological polar surface area (TPSA) is 79.3 Å². The second-order valence-corrected chi connectivity index (χ2v) is 6.42. The Labute approximate surface area is 139 Å². The van der Waals surface area contributed by atoms with Gasteiger partial charge in [0.05, 0.1) is 17.1 Å². The highest BCUT2D eigenvalue weighted by Gasteiger charge is 2.20. The summed E-state index contributed by atoms with van der Waals surface area (Å²) in [6.07, 6.45) is 3.77. The summed E-state index contributed by atoms with van der Waals surface area (Å²) in [5, 5.41) is 13.0. The number of aromatic nitrogens is 1. The van der Waals surface area contributed by atoms with Crippen LogP contribution in [0.5, 0.6) is 0 Å². The molecule has 6 heteroatoms. The molecule has 0 fully saturated rings. The summed E-state index contributed by atoms with van der Waals surface area (Å²) in [6.45, 7) is 2.16. The Bertz CT molecular complexity index is 655. The second-order valence-electron chi connectivity index (χ2n) is 5.30. The van der Waals surface area contributed by atoms with E-state index in [1.807, 2.05) is 30.3 Å². The molecule has 0 bridgehead atoms. The Morgan fingerprint density at radius 1 is 1.30 bits per heavy atom. The summed E-state index contributed by atoms with van der Waals surface area (Å²) in [4.78, 5) is 28.2. The molecular formula is C17H20N2O3S. The van der Waals surface area contributed by atoms with Gasteiger partial charge in [0.2, 0.25) is 0 Å². The third kappa shape index (κ3) is 5.17. The number of rotatable bonds is 8. The summed E-state index contributed by atoms with van der Waals surface area (Å²) < 4.78 is 0. The number of thiazole rings is 1. The van der Waals surface area contributed by atoms with E-state index in [-0.39, 0.29) is 12.5 Å². The molecular weight excluding hydrogens is 312 g/mol. The first-order chi connectivity index (χ1) is 11.1. The standard InChI is InChI=1S/C17H20N2O3S/c1-2-6-15-18-11-14(23-15)16(20)19-10-13(17(21)22)9-12-7-4-3-5-8-12/h3-5,7-8,11,13H,2,6,9-10H2,1H3,(H,19,20)(H,21,22). The number of carbonyl (C=O) groups is 2. The molecule has 0 aliphatic carbocycles. The van der Waals surface area contributed by atoms with E-state index < -0.39 is 11.9 Å². The van der Waals surface area contributed by atoms with Gasteiger partial charge in [0, 0.05) is 6.54 Å². The molecule has 1 unspecified atom stereocenters. The number of hydrogen-bond acceptors (Lipinski definition) is 4. The maximum absolute atomic E-state index is 12.1. The van der Waals surface area contributed by atoms with Gasteiger partial charge in [0.1, 0.15) is 4.88 Å². The number of amides is 1. The molecule has 1 aromatic carbocycles. The van der Waals surface area contributed by atoms with E-state index in [0.29, 0.717) is 11.3 Å². The molecule has 0 aliphatic rings. The van der Waals surface area contributed by atoms with Crippen LogP contribution in [0.1, 0.15) is 33.6 Å². The average molecular weight is 332 g/mol. The van der Waals surface area contributed by atoms with Crippen molar-refractivity contribution in [3.8, 4) is 0 Å². The number of hydrogen-bond donors (Lipinski definition) is 2. The van der Waals surface area contributed by atoms with Crippen molar-refractivity contribution in [2.45, 2.75) is 26.2 Å². The van der Waals surface area contributed by atoms with E-state index in [2.05, 4.69) is 17.2 Å². The van der Waals surface area contributed by atoms with Gasteiger partial charge in [0.25, 0.3) is 5.91 Å². The number of carboxylic acid groups (broad SMARTS) is 1. The molecule has 23 heavy (non-hydrogen) atoms. The molecule has 1 heterocycles. The van der Waals surface area contributed by atoms with Crippen molar-refractivity contribution in [2.75, 3.05) is 6.54 Å². The van der Waals surface area contributed by atoms with Crippen LogP contribution < -0.4 is 5.32 Å². The molecule has 0 radical (unpaired) electrons. The van der Waals surface area contributed by atoms with Crippen molar-refractivity contribution >= 4 is 23.2 Å². The predicted octanol–water partition coefficient (Wildman–Crippen LogP) is 2.77. The van der Waals surface area contributed by atoms with Crippen LogP contribution in [0.15, 0.2) is 36.5 Å². The lowest BCUT2D eigenvalue weighted by molar-refractivity contribution is -0.141. The van der Waals surface area contributed by atoms with Crippen LogP contribution in [-0.4, -0.2) is 28.5 Å². The van der Waals surface area contributed by atoms with Crippen molar-refractivity contribution in [1.29, 1.82) is 0 Å². The molecule has 122 valence electrons. The maximum Gasteiger partial charge on any atom is 0.308 e. The molecule has 1 atom stereocenters. The van der Waals surface area contributed by atoms with Crippen molar-refractivity contribution < 1.29 is 14.7 Å². The van der Waals surface area contributed by atoms with Crippen molar-refractivity contribution in [1.82, 2.24) is 10.3 Å². The zero-order valence-corrected chi connectivity index (χ0v) is 13.8. The quantitative estimate of drug-likeness (QED) is 0.779. The first-order valence-corrected chi connectivity index (χ1v) is 8.41. The Morgan fingerprint density at radius 2 is 2.04 bits per heavy atom. The van der Waals surface area contributed by atoms with Gasteiger partial charge in [0.15, 0.2) is 0 Å². The smallest absolute Gasteiger partial charge is 0.308 e. The fraction of sp³-hybridized carbons (Fsp3) is 0.353. The molecule has 2 aromatic rings. The van der Waals surface area contributed by atoms with Crippen molar-refractivity contribution in [3.63, 3.8) is 0 Å². The number of aliphatic carboxylic acids is 1. The van der Waals surface area contributed by atoms with Gasteiger partial charge >= 0.3 is 5.97 Å². The van der Waals surface area contributed by atoms with Crippen LogP contribution in [0.25, 0.3) is 0 Å². The molecule has 1 amide bonds. The molecule has 2 rings (SSSR count). The monoisotopic (exact) mass is 332 g/mol. The van der Waals surface area contributed by atoms with E-state index in [9.17, 15) is 14.7 Å². The zero-order valence-electron chi connectivity index (χ0n) is 13.0. The highest BCUT2D eigenvalue weighted by atomic mass is 32.1. The summed E-state index contributed by atoms with van der Waals surface area (Å²) >= 11 is 1.36. The fourth-order valence-corrected chi connectivity index (χ4v) is 3.13. The van der Waals surface area contributed by atoms with E-state index in [1.54, 1.807) is 6.20 Å². The Balaban J connectivity index is 1.92. The molecule has 0 saturated heterocycles. The van der Waals surface area contributed by atoms with Crippen molar-refractivity contribution in [3.05, 3.63) is 52.0 Å². The summed E-state index contributed by atoms with van der Waals surface area (Å²) in [7, 11) is 0. The first-order valence-electron chi connectivity index (χ1n) is 7.59. The lowest BCUT2D eigenvalue weighted by Crippen LogP contribution is -2.33. The van der Waals surface area contributed by atoms with Crippen LogP contribution in [0, 0.1) is 5.92 Å². The van der Waals surface area contributed by atoms with Gasteiger partial charge in [-0.2, -0.15) is 0 Å². The number of benzene rings is 1. The second kappa shape index (κ2) is 8.43. The predicted molar refractivity (Wildman–Crippen MR) is 89.7 cm³/mol. The number of nitrogens with one attached hydrogen (secondary N) is 1. The van der Waals surface area contributed by atoms with Gasteiger partial charge in [-0.3, -0.25) is 9.59 Å². The highest BCUT2D eigenvalue weighted by molar-refractivity contribution is 7.13. The molecule has 0 saturated carbocycles. The average Bonchev–Trinajstić information content (AvgIpc) is 3.01. The highest BCUT2D eigenvalue weighted by Crippen LogP contribution is 2.15. The van der Waals surface area contributed by atoms with Gasteiger partial charge in [-0.05, 0) is 24.8 Å². The third-order valence-corrected chi connectivity index (χ3v) is 4.48. The SMILES string of the molecule is CCCc1ncc(C(=O)NCC(Cc2ccccc2)C(=O)O)s1. The van der Waals surface area contributed by atoms with Gasteiger partial charge in [-0.15, -0.1) is 11.3 Å². The van der Waals surface area contributed by atoms with Crippen LogP contribution in [0.4, 0.5) is 0 Å². The molecule has 0 aliphatic heterocycles. The minimum Gasteiger partial charge on any atom is -0.481 e. The normalized spacial score (nSPS) is 11.9. The molecule has 2 N–H and O–H groups in total. The van der Waals surface area contributed by atoms with E-state index in [0.717, 1.165) is 23.4 Å². The van der Waals surface area contributed by atoms with Gasteiger partial charge in [-0.1, -0.05) is 37.3 Å². The minimum absolute atomic E-state index is 0.101. The summed E-state index contributed by atoms with van der Waals surface area (Å²) in [6, 6.07) is 9.41. The summed E-state index contributed by atoms with van der Waals surface area (Å²) in [5.41, 5.74) is 0.942.